The third-order valence-electron chi connectivity index (χ3n) is 3.28. The fourth-order valence-electron chi connectivity index (χ4n) is 2.04. The molecule has 0 spiro atoms. The van der Waals surface area contributed by atoms with Crippen molar-refractivity contribution in [2.24, 2.45) is 0 Å². The molecule has 0 aliphatic heterocycles. The highest BCUT2D eigenvalue weighted by Crippen LogP contribution is 2.17. The van der Waals surface area contributed by atoms with Crippen LogP contribution < -0.4 is 14.8 Å². The Labute approximate surface area is 133 Å². The molecule has 2 aromatic rings. The number of hydrogen-bond acceptors (Lipinski definition) is 3. The van der Waals surface area contributed by atoms with Crippen molar-refractivity contribution in [1.82, 2.24) is 0 Å². The summed E-state index contributed by atoms with van der Waals surface area (Å²) in [4.78, 5) is 0. The smallest absolute Gasteiger partial charge is 0.119 e. The van der Waals surface area contributed by atoms with Crippen LogP contribution in [0.4, 0.5) is 5.69 Å². The van der Waals surface area contributed by atoms with E-state index in [1.807, 2.05) is 36.4 Å². The summed E-state index contributed by atoms with van der Waals surface area (Å²) in [6.07, 6.45) is 1.12. The highest BCUT2D eigenvalue weighted by Gasteiger charge is 2.04. The van der Waals surface area contributed by atoms with Crippen molar-refractivity contribution in [3.05, 3.63) is 54.1 Å². The lowest BCUT2D eigenvalue weighted by molar-refractivity contribution is 0.234. The summed E-state index contributed by atoms with van der Waals surface area (Å²) >= 11 is 0. The Hall–Kier alpha value is -2.16. The highest BCUT2D eigenvalue weighted by atomic mass is 16.5. The van der Waals surface area contributed by atoms with Crippen LogP contribution in [-0.2, 0) is 0 Å². The molecule has 0 heterocycles. The fourth-order valence-corrected chi connectivity index (χ4v) is 2.04. The number of hydrogen-bond donors (Lipinski definition) is 1. The summed E-state index contributed by atoms with van der Waals surface area (Å²) in [5, 5.41) is 3.38. The largest absolute Gasteiger partial charge is 0.494 e. The van der Waals surface area contributed by atoms with E-state index in [4.69, 9.17) is 9.47 Å². The van der Waals surface area contributed by atoms with Gasteiger partial charge in [0.25, 0.3) is 0 Å². The minimum absolute atomic E-state index is 0.0960. The molecule has 0 bridgehead atoms. The van der Waals surface area contributed by atoms with Gasteiger partial charge < -0.3 is 14.8 Å². The predicted molar refractivity (Wildman–Crippen MR) is 92.0 cm³/mol. The maximum absolute atomic E-state index is 5.88. The third-order valence-corrected chi connectivity index (χ3v) is 3.28. The Morgan fingerprint density at radius 2 is 1.59 bits per heavy atom. The lowest BCUT2D eigenvalue weighted by Crippen LogP contribution is -2.22. The standard InChI is InChI=1S/C19H25NO2/c1-4-13-21-18-11-7-17(8-12-18)20-14-16(3)22-19-9-5-15(2)6-10-19/h5-12,16,20H,4,13-14H2,1-3H3. The lowest BCUT2D eigenvalue weighted by Gasteiger charge is -2.16. The van der Waals surface area contributed by atoms with Gasteiger partial charge in [0, 0.05) is 5.69 Å². The minimum atomic E-state index is 0.0960. The summed E-state index contributed by atoms with van der Waals surface area (Å²) < 4.78 is 11.5. The molecular formula is C19H25NO2. The van der Waals surface area contributed by atoms with Crippen LogP contribution in [0, 0.1) is 6.92 Å². The van der Waals surface area contributed by atoms with Crippen LogP contribution in [-0.4, -0.2) is 19.3 Å². The van der Waals surface area contributed by atoms with Crippen LogP contribution >= 0.6 is 0 Å². The molecule has 0 fully saturated rings. The van der Waals surface area contributed by atoms with Crippen molar-refractivity contribution in [3.8, 4) is 11.5 Å². The normalized spacial score (nSPS) is 11.8. The zero-order chi connectivity index (χ0) is 15.8. The van der Waals surface area contributed by atoms with Gasteiger partial charge in [-0.2, -0.15) is 0 Å². The molecule has 0 aromatic heterocycles. The average Bonchev–Trinajstić information content (AvgIpc) is 2.54. The van der Waals surface area contributed by atoms with E-state index >= 15 is 0 Å². The molecule has 0 saturated carbocycles. The van der Waals surface area contributed by atoms with Crippen molar-refractivity contribution in [1.29, 1.82) is 0 Å². The first-order valence-electron chi connectivity index (χ1n) is 7.87. The quantitative estimate of drug-likeness (QED) is 0.768. The molecule has 0 aliphatic carbocycles. The van der Waals surface area contributed by atoms with E-state index in [-0.39, 0.29) is 6.10 Å². The van der Waals surface area contributed by atoms with Crippen LogP contribution in [0.2, 0.25) is 0 Å². The Bertz CT molecular complexity index is 549. The van der Waals surface area contributed by atoms with Gasteiger partial charge in [-0.3, -0.25) is 0 Å². The van der Waals surface area contributed by atoms with Gasteiger partial charge in [0.15, 0.2) is 0 Å². The van der Waals surface area contributed by atoms with E-state index in [0.717, 1.165) is 36.8 Å². The average molecular weight is 299 g/mol. The molecule has 1 N–H and O–H groups in total. The lowest BCUT2D eigenvalue weighted by atomic mass is 10.2. The van der Waals surface area contributed by atoms with Gasteiger partial charge in [-0.05, 0) is 56.7 Å². The summed E-state index contributed by atoms with van der Waals surface area (Å²) in [6.45, 7) is 7.75. The van der Waals surface area contributed by atoms with Crippen LogP contribution in [0.5, 0.6) is 11.5 Å². The Balaban J connectivity index is 1.78. The van der Waals surface area contributed by atoms with Crippen LogP contribution in [0.3, 0.4) is 0 Å². The van der Waals surface area contributed by atoms with Crippen molar-refractivity contribution >= 4 is 5.69 Å². The Morgan fingerprint density at radius 3 is 2.23 bits per heavy atom. The number of rotatable bonds is 8. The molecule has 0 amide bonds. The maximum atomic E-state index is 5.88. The van der Waals surface area contributed by atoms with E-state index in [9.17, 15) is 0 Å². The Morgan fingerprint density at radius 1 is 0.955 bits per heavy atom. The van der Waals surface area contributed by atoms with E-state index in [1.54, 1.807) is 0 Å². The van der Waals surface area contributed by atoms with Gasteiger partial charge >= 0.3 is 0 Å². The molecule has 3 nitrogen and oxygen atoms in total. The van der Waals surface area contributed by atoms with E-state index in [2.05, 4.69) is 38.2 Å². The first-order chi connectivity index (χ1) is 10.7. The Kier molecular flexibility index (Phi) is 6.13. The van der Waals surface area contributed by atoms with E-state index in [0.29, 0.717) is 0 Å². The maximum Gasteiger partial charge on any atom is 0.119 e. The zero-order valence-corrected chi connectivity index (χ0v) is 13.6. The molecule has 1 atom stereocenters. The van der Waals surface area contributed by atoms with Crippen LogP contribution in [0.25, 0.3) is 0 Å². The second kappa shape index (κ2) is 8.32. The third kappa shape index (κ3) is 5.32. The van der Waals surface area contributed by atoms with Gasteiger partial charge in [-0.25, -0.2) is 0 Å². The second-order valence-electron chi connectivity index (χ2n) is 5.50. The highest BCUT2D eigenvalue weighted by molar-refractivity contribution is 5.46. The van der Waals surface area contributed by atoms with E-state index < -0.39 is 0 Å². The van der Waals surface area contributed by atoms with Crippen molar-refractivity contribution in [3.63, 3.8) is 0 Å². The SMILES string of the molecule is CCCOc1ccc(NCC(C)Oc2ccc(C)cc2)cc1. The van der Waals surface area contributed by atoms with Crippen LogP contribution in [0.15, 0.2) is 48.5 Å². The fraction of sp³-hybridized carbons (Fsp3) is 0.368. The molecule has 22 heavy (non-hydrogen) atoms. The van der Waals surface area contributed by atoms with E-state index in [1.165, 1.54) is 5.56 Å². The molecule has 0 aliphatic rings. The monoisotopic (exact) mass is 299 g/mol. The zero-order valence-electron chi connectivity index (χ0n) is 13.6. The van der Waals surface area contributed by atoms with Gasteiger partial charge in [-0.15, -0.1) is 0 Å². The first-order valence-corrected chi connectivity index (χ1v) is 7.87. The summed E-state index contributed by atoms with van der Waals surface area (Å²) in [5.41, 5.74) is 2.31. The summed E-state index contributed by atoms with van der Waals surface area (Å²) in [7, 11) is 0. The number of nitrogens with one attached hydrogen (secondary N) is 1. The first kappa shape index (κ1) is 16.2. The number of aryl methyl sites for hydroxylation is 1. The summed E-state index contributed by atoms with van der Waals surface area (Å²) in [6, 6.07) is 16.2. The summed E-state index contributed by atoms with van der Waals surface area (Å²) in [5.74, 6) is 1.82. The van der Waals surface area contributed by atoms with Crippen molar-refractivity contribution < 1.29 is 9.47 Å². The predicted octanol–water partition coefficient (Wildman–Crippen LogP) is 4.66. The van der Waals surface area contributed by atoms with Gasteiger partial charge in [-0.1, -0.05) is 24.6 Å². The van der Waals surface area contributed by atoms with Gasteiger partial charge in [0.2, 0.25) is 0 Å². The topological polar surface area (TPSA) is 30.5 Å². The minimum Gasteiger partial charge on any atom is -0.494 e. The molecule has 0 radical (unpaired) electrons. The molecular weight excluding hydrogens is 274 g/mol. The number of ether oxygens (including phenoxy) is 2. The molecule has 2 rings (SSSR count). The van der Waals surface area contributed by atoms with Crippen molar-refractivity contribution in [2.45, 2.75) is 33.3 Å². The molecule has 3 heteroatoms. The number of benzene rings is 2. The molecule has 2 aromatic carbocycles. The number of anilines is 1. The molecule has 118 valence electrons. The molecule has 1 unspecified atom stereocenters. The second-order valence-corrected chi connectivity index (χ2v) is 5.50. The van der Waals surface area contributed by atoms with Crippen molar-refractivity contribution in [2.75, 3.05) is 18.5 Å². The van der Waals surface area contributed by atoms with Crippen LogP contribution in [0.1, 0.15) is 25.8 Å². The van der Waals surface area contributed by atoms with Gasteiger partial charge in [0.1, 0.15) is 17.6 Å². The van der Waals surface area contributed by atoms with Gasteiger partial charge in [0.05, 0.1) is 13.2 Å². The molecule has 0 saturated heterocycles.